The molecule has 2 atom stereocenters. The Kier molecular flexibility index (Phi) is 4.98. The van der Waals surface area contributed by atoms with Crippen molar-refractivity contribution in [3.63, 3.8) is 0 Å². The normalized spacial score (nSPS) is 24.3. The topological polar surface area (TPSA) is 67.4 Å². The van der Waals surface area contributed by atoms with Gasteiger partial charge >= 0.3 is 0 Å². The quantitative estimate of drug-likeness (QED) is 0.655. The molecule has 0 bridgehead atoms. The Hall–Kier alpha value is -0.170. The van der Waals surface area contributed by atoms with Crippen LogP contribution in [0.4, 0.5) is 0 Å². The Labute approximate surface area is 91.6 Å². The number of methoxy groups -OCH3 is 1. The molecule has 1 saturated heterocycles. The first-order valence-electron chi connectivity index (χ1n) is 5.25. The van der Waals surface area contributed by atoms with Gasteiger partial charge in [0.15, 0.2) is 0 Å². The fourth-order valence-corrected chi connectivity index (χ4v) is 3.00. The molecule has 1 heterocycles. The van der Waals surface area contributed by atoms with Gasteiger partial charge < -0.3 is 10.1 Å². The van der Waals surface area contributed by atoms with E-state index in [9.17, 15) is 8.42 Å². The maximum absolute atomic E-state index is 11.5. The zero-order valence-corrected chi connectivity index (χ0v) is 10.1. The van der Waals surface area contributed by atoms with Gasteiger partial charge in [-0.05, 0) is 32.4 Å². The standard InChI is InChI=1S/C9H20N2O3S/c1-8(9-3-4-10-7-9)11-15(12,13)6-5-14-2/h8-11H,3-7H2,1-2H3. The predicted octanol–water partition coefficient (Wildman–Crippen LogP) is -0.450. The lowest BCUT2D eigenvalue weighted by atomic mass is 10.0. The second-order valence-electron chi connectivity index (χ2n) is 3.97. The largest absolute Gasteiger partial charge is 0.384 e. The molecule has 0 aromatic rings. The van der Waals surface area contributed by atoms with E-state index < -0.39 is 10.0 Å². The third-order valence-corrected chi connectivity index (χ3v) is 4.16. The number of ether oxygens (including phenoxy) is 1. The predicted molar refractivity (Wildman–Crippen MR) is 59.2 cm³/mol. The van der Waals surface area contributed by atoms with Crippen molar-refractivity contribution in [3.8, 4) is 0 Å². The monoisotopic (exact) mass is 236 g/mol. The van der Waals surface area contributed by atoms with Crippen LogP contribution >= 0.6 is 0 Å². The molecule has 0 amide bonds. The average molecular weight is 236 g/mol. The minimum Gasteiger partial charge on any atom is -0.384 e. The maximum Gasteiger partial charge on any atom is 0.214 e. The van der Waals surface area contributed by atoms with Crippen molar-refractivity contribution in [2.24, 2.45) is 5.92 Å². The maximum atomic E-state index is 11.5. The van der Waals surface area contributed by atoms with Crippen molar-refractivity contribution in [2.75, 3.05) is 32.6 Å². The molecule has 5 nitrogen and oxygen atoms in total. The lowest BCUT2D eigenvalue weighted by Gasteiger charge is -2.19. The van der Waals surface area contributed by atoms with Gasteiger partial charge in [-0.3, -0.25) is 0 Å². The molecule has 1 aliphatic rings. The molecule has 1 fully saturated rings. The highest BCUT2D eigenvalue weighted by molar-refractivity contribution is 7.89. The fraction of sp³-hybridized carbons (Fsp3) is 1.00. The van der Waals surface area contributed by atoms with Gasteiger partial charge in [-0.1, -0.05) is 0 Å². The summed E-state index contributed by atoms with van der Waals surface area (Å²) in [6, 6.07) is 0.00172. The minimum absolute atomic E-state index is 0.00172. The lowest BCUT2D eigenvalue weighted by molar-refractivity contribution is 0.216. The van der Waals surface area contributed by atoms with Crippen molar-refractivity contribution >= 4 is 10.0 Å². The van der Waals surface area contributed by atoms with E-state index in [1.165, 1.54) is 7.11 Å². The molecule has 6 heteroatoms. The van der Waals surface area contributed by atoms with E-state index in [2.05, 4.69) is 10.0 Å². The summed E-state index contributed by atoms with van der Waals surface area (Å²) < 4.78 is 30.5. The van der Waals surface area contributed by atoms with E-state index in [-0.39, 0.29) is 18.4 Å². The summed E-state index contributed by atoms with van der Waals surface area (Å²) in [4.78, 5) is 0. The van der Waals surface area contributed by atoms with Crippen LogP contribution in [0, 0.1) is 5.92 Å². The summed E-state index contributed by atoms with van der Waals surface area (Å²) in [5.41, 5.74) is 0. The molecule has 0 radical (unpaired) electrons. The number of hydrogen-bond acceptors (Lipinski definition) is 4. The van der Waals surface area contributed by atoms with Crippen LogP contribution in [0.5, 0.6) is 0 Å². The van der Waals surface area contributed by atoms with E-state index >= 15 is 0 Å². The van der Waals surface area contributed by atoms with Crippen LogP contribution in [0.1, 0.15) is 13.3 Å². The van der Waals surface area contributed by atoms with Crippen molar-refractivity contribution in [2.45, 2.75) is 19.4 Å². The summed E-state index contributed by atoms with van der Waals surface area (Å²) >= 11 is 0. The van der Waals surface area contributed by atoms with Crippen molar-refractivity contribution in [1.82, 2.24) is 10.0 Å². The number of hydrogen-bond donors (Lipinski definition) is 2. The van der Waals surface area contributed by atoms with Crippen molar-refractivity contribution in [1.29, 1.82) is 0 Å². The Morgan fingerprint density at radius 2 is 2.33 bits per heavy atom. The highest BCUT2D eigenvalue weighted by Gasteiger charge is 2.24. The number of nitrogens with one attached hydrogen (secondary N) is 2. The molecular formula is C9H20N2O3S. The van der Waals surface area contributed by atoms with Gasteiger partial charge in [0.05, 0.1) is 12.4 Å². The summed E-state index contributed by atoms with van der Waals surface area (Å²) in [5.74, 6) is 0.441. The van der Waals surface area contributed by atoms with E-state index in [0.29, 0.717) is 5.92 Å². The molecule has 2 unspecified atom stereocenters. The van der Waals surface area contributed by atoms with Crippen LogP contribution < -0.4 is 10.0 Å². The van der Waals surface area contributed by atoms with Crippen LogP contribution in [-0.2, 0) is 14.8 Å². The van der Waals surface area contributed by atoms with Crippen LogP contribution in [0.2, 0.25) is 0 Å². The Bertz CT molecular complexity index is 273. The molecule has 0 aliphatic carbocycles. The van der Waals surface area contributed by atoms with Gasteiger partial charge in [-0.2, -0.15) is 0 Å². The van der Waals surface area contributed by atoms with Gasteiger partial charge in [0.2, 0.25) is 10.0 Å². The fourth-order valence-electron chi connectivity index (χ4n) is 1.74. The van der Waals surface area contributed by atoms with E-state index in [4.69, 9.17) is 4.74 Å². The first-order chi connectivity index (χ1) is 7.05. The molecule has 90 valence electrons. The molecule has 0 aromatic heterocycles. The summed E-state index contributed by atoms with van der Waals surface area (Å²) in [7, 11) is -1.68. The Morgan fingerprint density at radius 1 is 1.60 bits per heavy atom. The van der Waals surface area contributed by atoms with Gasteiger partial charge in [-0.15, -0.1) is 0 Å². The highest BCUT2D eigenvalue weighted by atomic mass is 32.2. The first-order valence-corrected chi connectivity index (χ1v) is 6.90. The van der Waals surface area contributed by atoms with Crippen molar-refractivity contribution < 1.29 is 13.2 Å². The summed E-state index contributed by atoms with van der Waals surface area (Å²) in [6.45, 7) is 4.04. The molecule has 15 heavy (non-hydrogen) atoms. The highest BCUT2D eigenvalue weighted by Crippen LogP contribution is 2.12. The van der Waals surface area contributed by atoms with Crippen molar-refractivity contribution in [3.05, 3.63) is 0 Å². The number of rotatable bonds is 6. The van der Waals surface area contributed by atoms with Gasteiger partial charge in [0.25, 0.3) is 0 Å². The zero-order chi connectivity index (χ0) is 11.3. The van der Waals surface area contributed by atoms with Crippen LogP contribution in [0.3, 0.4) is 0 Å². The molecule has 0 aromatic carbocycles. The third-order valence-electron chi connectivity index (χ3n) is 2.73. The van der Waals surface area contributed by atoms with Gasteiger partial charge in [0, 0.05) is 13.2 Å². The molecular weight excluding hydrogens is 216 g/mol. The molecule has 0 saturated carbocycles. The molecule has 2 N–H and O–H groups in total. The van der Waals surface area contributed by atoms with E-state index in [0.717, 1.165) is 19.5 Å². The SMILES string of the molecule is COCCS(=O)(=O)NC(C)C1CCNC1. The second kappa shape index (κ2) is 5.79. The second-order valence-corrected chi connectivity index (χ2v) is 5.84. The van der Waals surface area contributed by atoms with E-state index in [1.807, 2.05) is 6.92 Å². The summed E-state index contributed by atoms with van der Waals surface area (Å²) in [6.07, 6.45) is 1.04. The third kappa shape index (κ3) is 4.46. The number of sulfonamides is 1. The van der Waals surface area contributed by atoms with Gasteiger partial charge in [-0.25, -0.2) is 13.1 Å². The molecule has 1 rings (SSSR count). The average Bonchev–Trinajstić information content (AvgIpc) is 2.67. The van der Waals surface area contributed by atoms with Crippen LogP contribution in [0.25, 0.3) is 0 Å². The minimum atomic E-state index is -3.18. The smallest absolute Gasteiger partial charge is 0.214 e. The molecule has 0 spiro atoms. The Balaban J connectivity index is 2.38. The Morgan fingerprint density at radius 3 is 2.87 bits per heavy atom. The first kappa shape index (κ1) is 12.9. The van der Waals surface area contributed by atoms with Gasteiger partial charge in [0.1, 0.15) is 0 Å². The lowest BCUT2D eigenvalue weighted by Crippen LogP contribution is -2.40. The summed E-state index contributed by atoms with van der Waals surface area (Å²) in [5, 5.41) is 3.22. The van der Waals surface area contributed by atoms with Crippen LogP contribution in [0.15, 0.2) is 0 Å². The van der Waals surface area contributed by atoms with E-state index in [1.54, 1.807) is 0 Å². The zero-order valence-electron chi connectivity index (χ0n) is 9.32. The molecule has 1 aliphatic heterocycles. The van der Waals surface area contributed by atoms with Crippen LogP contribution in [-0.4, -0.2) is 47.0 Å².